The van der Waals surface area contributed by atoms with Crippen LogP contribution in [0.1, 0.15) is 42.0 Å². The lowest BCUT2D eigenvalue weighted by atomic mass is 10.1. The second-order valence-corrected chi connectivity index (χ2v) is 7.12. The number of nitrogens with zero attached hydrogens (tertiary/aromatic N) is 3. The van der Waals surface area contributed by atoms with Gasteiger partial charge in [0.2, 0.25) is 0 Å². The lowest BCUT2D eigenvalue weighted by molar-refractivity contribution is 0.0948. The minimum Gasteiger partial charge on any atom is -0.493 e. The Morgan fingerprint density at radius 3 is 2.86 bits per heavy atom. The van der Waals surface area contributed by atoms with Crippen LogP contribution in [0.2, 0.25) is 0 Å². The van der Waals surface area contributed by atoms with Crippen LogP contribution in [0.3, 0.4) is 0 Å². The molecule has 7 heteroatoms. The van der Waals surface area contributed by atoms with Crippen LogP contribution in [0.15, 0.2) is 47.7 Å². The van der Waals surface area contributed by atoms with Gasteiger partial charge in [0.1, 0.15) is 11.3 Å². The number of carbonyl (C=O) groups excluding carboxylic acids is 1. The Labute approximate surface area is 170 Å². The maximum atomic E-state index is 12.6. The standard InChI is InChI=1S/C22H26N4O3/c1-15(2)10-12-29-18-9-8-17(13-19(18)28-4)14-23-25-22(27)21-16(3)24-20-7-5-6-11-26(20)21/h5-9,11,13-15H,10,12H2,1-4H3,(H,25,27)/b23-14-. The summed E-state index contributed by atoms with van der Waals surface area (Å²) in [6.07, 6.45) is 4.34. The van der Waals surface area contributed by atoms with Crippen molar-refractivity contribution in [2.24, 2.45) is 11.0 Å². The number of imidazole rings is 1. The number of hydrogen-bond donors (Lipinski definition) is 1. The first-order valence-corrected chi connectivity index (χ1v) is 9.57. The second-order valence-electron chi connectivity index (χ2n) is 7.12. The van der Waals surface area contributed by atoms with Gasteiger partial charge in [-0.05, 0) is 55.2 Å². The van der Waals surface area contributed by atoms with Crippen LogP contribution in [0.25, 0.3) is 5.65 Å². The lowest BCUT2D eigenvalue weighted by Crippen LogP contribution is -2.20. The highest BCUT2D eigenvalue weighted by Crippen LogP contribution is 2.28. The Balaban J connectivity index is 1.68. The summed E-state index contributed by atoms with van der Waals surface area (Å²) in [4.78, 5) is 16.9. The molecule has 1 aromatic carbocycles. The average molecular weight is 394 g/mol. The van der Waals surface area contributed by atoms with Gasteiger partial charge in [0.05, 0.1) is 25.6 Å². The molecule has 152 valence electrons. The summed E-state index contributed by atoms with van der Waals surface area (Å²) in [7, 11) is 1.60. The van der Waals surface area contributed by atoms with E-state index in [1.807, 2.05) is 36.4 Å². The van der Waals surface area contributed by atoms with Crippen molar-refractivity contribution < 1.29 is 14.3 Å². The van der Waals surface area contributed by atoms with E-state index in [-0.39, 0.29) is 5.91 Å². The summed E-state index contributed by atoms with van der Waals surface area (Å²) >= 11 is 0. The summed E-state index contributed by atoms with van der Waals surface area (Å²) in [5, 5.41) is 4.07. The van der Waals surface area contributed by atoms with E-state index in [4.69, 9.17) is 9.47 Å². The normalized spacial score (nSPS) is 11.3. The van der Waals surface area contributed by atoms with Gasteiger partial charge in [0, 0.05) is 6.20 Å². The van der Waals surface area contributed by atoms with Crippen LogP contribution < -0.4 is 14.9 Å². The Morgan fingerprint density at radius 2 is 2.10 bits per heavy atom. The molecule has 0 saturated heterocycles. The van der Waals surface area contributed by atoms with Crippen LogP contribution in [-0.2, 0) is 0 Å². The number of amides is 1. The molecule has 0 aliphatic heterocycles. The zero-order chi connectivity index (χ0) is 20.8. The molecule has 1 amide bonds. The van der Waals surface area contributed by atoms with Crippen molar-refractivity contribution in [1.82, 2.24) is 14.8 Å². The van der Waals surface area contributed by atoms with Crippen LogP contribution in [0.4, 0.5) is 0 Å². The molecule has 0 aliphatic carbocycles. The number of benzene rings is 1. The van der Waals surface area contributed by atoms with Crippen molar-refractivity contribution in [2.75, 3.05) is 13.7 Å². The van der Waals surface area contributed by atoms with E-state index in [0.29, 0.717) is 35.4 Å². The monoisotopic (exact) mass is 394 g/mol. The number of pyridine rings is 1. The first-order valence-electron chi connectivity index (χ1n) is 9.57. The van der Waals surface area contributed by atoms with Crippen molar-refractivity contribution in [3.05, 3.63) is 59.5 Å². The average Bonchev–Trinajstić information content (AvgIpc) is 3.04. The van der Waals surface area contributed by atoms with Crippen molar-refractivity contribution in [2.45, 2.75) is 27.2 Å². The van der Waals surface area contributed by atoms with Crippen molar-refractivity contribution in [1.29, 1.82) is 0 Å². The maximum absolute atomic E-state index is 12.6. The highest BCUT2D eigenvalue weighted by atomic mass is 16.5. The van der Waals surface area contributed by atoms with Crippen molar-refractivity contribution in [3.63, 3.8) is 0 Å². The molecule has 1 N–H and O–H groups in total. The summed E-state index contributed by atoms with van der Waals surface area (Å²) < 4.78 is 12.9. The SMILES string of the molecule is COc1cc(/C=N\NC(=O)c2c(C)nc3ccccn23)ccc1OCCC(C)C. The largest absolute Gasteiger partial charge is 0.493 e. The molecule has 0 unspecified atom stereocenters. The zero-order valence-electron chi connectivity index (χ0n) is 17.2. The molecule has 3 rings (SSSR count). The quantitative estimate of drug-likeness (QED) is 0.465. The van der Waals surface area contributed by atoms with Crippen LogP contribution in [0, 0.1) is 12.8 Å². The Bertz CT molecular complexity index is 1020. The molecular formula is C22H26N4O3. The molecular weight excluding hydrogens is 368 g/mol. The number of aromatic nitrogens is 2. The summed E-state index contributed by atoms with van der Waals surface area (Å²) in [6.45, 7) is 6.75. The molecule has 2 aromatic heterocycles. The minimum absolute atomic E-state index is 0.321. The number of hydrogen-bond acceptors (Lipinski definition) is 5. The van der Waals surface area contributed by atoms with E-state index in [0.717, 1.165) is 17.6 Å². The van der Waals surface area contributed by atoms with E-state index >= 15 is 0 Å². The van der Waals surface area contributed by atoms with Crippen molar-refractivity contribution in [3.8, 4) is 11.5 Å². The molecule has 2 heterocycles. The van der Waals surface area contributed by atoms with Crippen LogP contribution in [-0.4, -0.2) is 35.2 Å². The third kappa shape index (κ3) is 4.93. The van der Waals surface area contributed by atoms with Crippen LogP contribution in [0.5, 0.6) is 11.5 Å². The zero-order valence-corrected chi connectivity index (χ0v) is 17.2. The van der Waals surface area contributed by atoms with E-state index in [9.17, 15) is 4.79 Å². The number of ether oxygens (including phenoxy) is 2. The highest BCUT2D eigenvalue weighted by molar-refractivity contribution is 5.95. The summed E-state index contributed by atoms with van der Waals surface area (Å²) in [5.74, 6) is 1.57. The predicted octanol–water partition coefficient (Wildman–Crippen LogP) is 3.84. The van der Waals surface area contributed by atoms with Gasteiger partial charge in [-0.1, -0.05) is 19.9 Å². The first-order chi connectivity index (χ1) is 14.0. The van der Waals surface area contributed by atoms with Gasteiger partial charge in [0.25, 0.3) is 5.91 Å². The Hall–Kier alpha value is -3.35. The molecule has 0 aliphatic rings. The van der Waals surface area contributed by atoms with Gasteiger partial charge >= 0.3 is 0 Å². The smallest absolute Gasteiger partial charge is 0.290 e. The molecule has 0 spiro atoms. The molecule has 0 radical (unpaired) electrons. The van der Waals surface area contributed by atoms with Gasteiger partial charge in [-0.25, -0.2) is 10.4 Å². The van der Waals surface area contributed by atoms with Gasteiger partial charge in [-0.2, -0.15) is 5.10 Å². The molecule has 29 heavy (non-hydrogen) atoms. The molecule has 0 fully saturated rings. The lowest BCUT2D eigenvalue weighted by Gasteiger charge is -2.12. The fraction of sp³-hybridized carbons (Fsp3) is 0.318. The molecule has 3 aromatic rings. The van der Waals surface area contributed by atoms with Crippen LogP contribution >= 0.6 is 0 Å². The van der Waals surface area contributed by atoms with E-state index < -0.39 is 0 Å². The number of fused-ring (bicyclic) bond motifs is 1. The number of nitrogens with one attached hydrogen (secondary N) is 1. The minimum atomic E-state index is -0.321. The van der Waals surface area contributed by atoms with E-state index in [1.54, 1.807) is 30.8 Å². The number of aryl methyl sites for hydroxylation is 1. The molecule has 0 saturated carbocycles. The molecule has 7 nitrogen and oxygen atoms in total. The third-order valence-electron chi connectivity index (χ3n) is 4.44. The second kappa shape index (κ2) is 9.23. The fourth-order valence-corrected chi connectivity index (χ4v) is 2.89. The van der Waals surface area contributed by atoms with Gasteiger partial charge in [0.15, 0.2) is 11.5 Å². The van der Waals surface area contributed by atoms with E-state index in [2.05, 4.69) is 29.4 Å². The number of carbonyl (C=O) groups is 1. The predicted molar refractivity (Wildman–Crippen MR) is 113 cm³/mol. The topological polar surface area (TPSA) is 77.2 Å². The summed E-state index contributed by atoms with van der Waals surface area (Å²) in [5.41, 5.74) is 5.18. The van der Waals surface area contributed by atoms with E-state index in [1.165, 1.54) is 0 Å². The number of hydrazone groups is 1. The number of methoxy groups -OCH3 is 1. The molecule has 0 bridgehead atoms. The Kier molecular flexibility index (Phi) is 6.49. The third-order valence-corrected chi connectivity index (χ3v) is 4.44. The maximum Gasteiger partial charge on any atom is 0.290 e. The first kappa shape index (κ1) is 20.4. The fourth-order valence-electron chi connectivity index (χ4n) is 2.89. The molecule has 0 atom stereocenters. The van der Waals surface area contributed by atoms with Crippen molar-refractivity contribution >= 4 is 17.8 Å². The highest BCUT2D eigenvalue weighted by Gasteiger charge is 2.15. The number of rotatable bonds is 8. The van der Waals surface area contributed by atoms with Gasteiger partial charge < -0.3 is 9.47 Å². The van der Waals surface area contributed by atoms with Gasteiger partial charge in [-0.3, -0.25) is 9.20 Å². The Morgan fingerprint density at radius 1 is 1.28 bits per heavy atom. The summed E-state index contributed by atoms with van der Waals surface area (Å²) in [6, 6.07) is 11.1. The van der Waals surface area contributed by atoms with Gasteiger partial charge in [-0.15, -0.1) is 0 Å².